The molecular formula is C17H15ClN2O5. The van der Waals surface area contributed by atoms with Crippen LogP contribution in [0.5, 0.6) is 5.75 Å². The van der Waals surface area contributed by atoms with Crippen molar-refractivity contribution < 1.29 is 19.2 Å². The first-order chi connectivity index (χ1) is 11.9. The lowest BCUT2D eigenvalue weighted by atomic mass is 10.1. The van der Waals surface area contributed by atoms with E-state index in [1.54, 1.807) is 31.2 Å². The third kappa shape index (κ3) is 4.77. The second-order valence-electron chi connectivity index (χ2n) is 5.20. The molecular weight excluding hydrogens is 348 g/mol. The number of nitrogens with zero attached hydrogens (tertiary/aromatic N) is 1. The van der Waals surface area contributed by atoms with Gasteiger partial charge in [-0.2, -0.15) is 0 Å². The molecule has 8 heteroatoms. The van der Waals surface area contributed by atoms with Gasteiger partial charge in [0.2, 0.25) is 0 Å². The van der Waals surface area contributed by atoms with Crippen molar-refractivity contribution >= 4 is 29.5 Å². The van der Waals surface area contributed by atoms with Crippen molar-refractivity contribution in [2.75, 3.05) is 6.61 Å². The Labute approximate surface area is 148 Å². The number of hydrogen-bond donors (Lipinski definition) is 1. The Hall–Kier alpha value is -2.93. The molecule has 2 aromatic rings. The highest BCUT2D eigenvalue weighted by Crippen LogP contribution is 2.27. The maximum absolute atomic E-state index is 12.0. The van der Waals surface area contributed by atoms with Crippen molar-refractivity contribution in [1.82, 2.24) is 5.32 Å². The summed E-state index contributed by atoms with van der Waals surface area (Å²) >= 11 is 6.07. The summed E-state index contributed by atoms with van der Waals surface area (Å²) in [7, 11) is 0. The van der Waals surface area contributed by atoms with Crippen molar-refractivity contribution in [3.05, 3.63) is 68.7 Å². The fourth-order valence-electron chi connectivity index (χ4n) is 2.20. The van der Waals surface area contributed by atoms with Crippen LogP contribution in [0.1, 0.15) is 28.9 Å². The second kappa shape index (κ2) is 8.25. The van der Waals surface area contributed by atoms with Gasteiger partial charge in [-0.25, -0.2) is 0 Å². The molecule has 0 spiro atoms. The number of nitro groups is 1. The van der Waals surface area contributed by atoms with Gasteiger partial charge in [0.05, 0.1) is 11.0 Å². The molecule has 7 nitrogen and oxygen atoms in total. The first-order valence-corrected chi connectivity index (χ1v) is 7.70. The summed E-state index contributed by atoms with van der Waals surface area (Å²) in [5.41, 5.74) is 0.520. The van der Waals surface area contributed by atoms with Crippen molar-refractivity contribution in [2.45, 2.75) is 13.0 Å². The molecule has 0 aliphatic carbocycles. The van der Waals surface area contributed by atoms with Crippen molar-refractivity contribution in [1.29, 1.82) is 0 Å². The van der Waals surface area contributed by atoms with Crippen LogP contribution in [0.4, 0.5) is 5.69 Å². The highest BCUT2D eigenvalue weighted by Gasteiger charge is 2.18. The van der Waals surface area contributed by atoms with Crippen LogP contribution in [0, 0.1) is 10.1 Å². The zero-order chi connectivity index (χ0) is 18.4. The SMILES string of the molecule is C[C@@H](NC(=O)COc1ccc(C=O)cc1[N+](=O)[O-])c1ccccc1Cl. The average Bonchev–Trinajstić information content (AvgIpc) is 2.60. The van der Waals surface area contributed by atoms with E-state index in [0.29, 0.717) is 11.3 Å². The minimum absolute atomic E-state index is 0.0869. The van der Waals surface area contributed by atoms with E-state index in [1.807, 2.05) is 0 Å². The molecule has 0 heterocycles. The number of carbonyl (C=O) groups is 2. The number of nitro benzene ring substituents is 1. The zero-order valence-electron chi connectivity index (χ0n) is 13.3. The molecule has 0 aliphatic heterocycles. The molecule has 0 saturated heterocycles. The molecule has 1 amide bonds. The third-order valence-electron chi connectivity index (χ3n) is 3.42. The summed E-state index contributed by atoms with van der Waals surface area (Å²) in [6.45, 7) is 1.36. The second-order valence-corrected chi connectivity index (χ2v) is 5.61. The Kier molecular flexibility index (Phi) is 6.08. The van der Waals surface area contributed by atoms with E-state index in [2.05, 4.69) is 5.32 Å². The predicted molar refractivity (Wildman–Crippen MR) is 92.0 cm³/mol. The Morgan fingerprint density at radius 1 is 1.36 bits per heavy atom. The summed E-state index contributed by atoms with van der Waals surface area (Å²) < 4.78 is 5.22. The predicted octanol–water partition coefficient (Wildman–Crippen LogP) is 3.32. The molecule has 0 aliphatic rings. The van der Waals surface area contributed by atoms with Crippen LogP contribution >= 0.6 is 11.6 Å². The molecule has 2 aromatic carbocycles. The summed E-state index contributed by atoms with van der Waals surface area (Å²) in [6.07, 6.45) is 0.495. The normalized spacial score (nSPS) is 11.4. The van der Waals surface area contributed by atoms with Crippen molar-refractivity contribution in [3.8, 4) is 5.75 Å². The molecule has 1 N–H and O–H groups in total. The number of halogens is 1. The van der Waals surface area contributed by atoms with Crippen molar-refractivity contribution in [3.63, 3.8) is 0 Å². The molecule has 130 valence electrons. The fourth-order valence-corrected chi connectivity index (χ4v) is 2.50. The van der Waals surface area contributed by atoms with Gasteiger partial charge in [0.1, 0.15) is 6.29 Å². The van der Waals surface area contributed by atoms with E-state index in [9.17, 15) is 19.7 Å². The number of amides is 1. The monoisotopic (exact) mass is 362 g/mol. The summed E-state index contributed by atoms with van der Waals surface area (Å²) in [4.78, 5) is 33.1. The first kappa shape index (κ1) is 18.4. The largest absolute Gasteiger partial charge is 0.477 e. The Bertz CT molecular complexity index is 809. The van der Waals surface area contributed by atoms with E-state index in [0.717, 1.165) is 11.6 Å². The van der Waals surface area contributed by atoms with E-state index in [-0.39, 0.29) is 23.0 Å². The molecule has 0 saturated carbocycles. The maximum atomic E-state index is 12.0. The topological polar surface area (TPSA) is 98.5 Å². The lowest BCUT2D eigenvalue weighted by Gasteiger charge is -2.16. The highest BCUT2D eigenvalue weighted by molar-refractivity contribution is 6.31. The molecule has 0 radical (unpaired) electrons. The molecule has 0 bridgehead atoms. The fraction of sp³-hybridized carbons (Fsp3) is 0.176. The van der Waals surface area contributed by atoms with Crippen LogP contribution in [0.25, 0.3) is 0 Å². The standard InChI is InChI=1S/C17H15ClN2O5/c1-11(13-4-2-3-5-14(13)18)19-17(22)10-25-16-7-6-12(9-21)8-15(16)20(23)24/h2-9,11H,10H2,1H3,(H,19,22)/t11-/m1/s1. The van der Waals surface area contributed by atoms with Gasteiger partial charge in [-0.1, -0.05) is 29.8 Å². The molecule has 2 rings (SSSR count). The van der Waals surface area contributed by atoms with Crippen molar-refractivity contribution in [2.24, 2.45) is 0 Å². The van der Waals surface area contributed by atoms with Gasteiger partial charge in [0, 0.05) is 16.7 Å². The third-order valence-corrected chi connectivity index (χ3v) is 3.77. The summed E-state index contributed by atoms with van der Waals surface area (Å²) in [5, 5.41) is 14.3. The quantitative estimate of drug-likeness (QED) is 0.463. The van der Waals surface area contributed by atoms with Gasteiger partial charge >= 0.3 is 5.69 Å². The number of carbonyl (C=O) groups excluding carboxylic acids is 2. The zero-order valence-corrected chi connectivity index (χ0v) is 14.0. The van der Waals surface area contributed by atoms with Crippen LogP contribution in [0.2, 0.25) is 5.02 Å². The van der Waals surface area contributed by atoms with Crippen LogP contribution in [0.15, 0.2) is 42.5 Å². The average molecular weight is 363 g/mol. The first-order valence-electron chi connectivity index (χ1n) is 7.32. The summed E-state index contributed by atoms with van der Waals surface area (Å²) in [6, 6.07) is 10.5. The van der Waals surface area contributed by atoms with Gasteiger partial charge in [-0.3, -0.25) is 19.7 Å². The maximum Gasteiger partial charge on any atom is 0.311 e. The number of ether oxygens (including phenoxy) is 1. The Morgan fingerprint density at radius 2 is 2.08 bits per heavy atom. The Balaban J connectivity index is 2.02. The van der Waals surface area contributed by atoms with Gasteiger partial charge in [-0.05, 0) is 30.7 Å². The van der Waals surface area contributed by atoms with Gasteiger partial charge in [0.25, 0.3) is 5.91 Å². The molecule has 1 atom stereocenters. The van der Waals surface area contributed by atoms with E-state index < -0.39 is 17.4 Å². The van der Waals surface area contributed by atoms with E-state index >= 15 is 0 Å². The number of nitrogens with one attached hydrogen (secondary N) is 1. The van der Waals surface area contributed by atoms with Crippen LogP contribution < -0.4 is 10.1 Å². The lowest BCUT2D eigenvalue weighted by Crippen LogP contribution is -2.31. The molecule has 0 fully saturated rings. The van der Waals surface area contributed by atoms with Gasteiger partial charge in [-0.15, -0.1) is 0 Å². The van der Waals surface area contributed by atoms with Gasteiger partial charge < -0.3 is 10.1 Å². The Morgan fingerprint density at radius 3 is 2.72 bits per heavy atom. The number of benzene rings is 2. The minimum atomic E-state index is -0.674. The number of hydrogen-bond acceptors (Lipinski definition) is 5. The van der Waals surface area contributed by atoms with E-state index in [1.165, 1.54) is 12.1 Å². The molecule has 0 aromatic heterocycles. The molecule has 0 unspecified atom stereocenters. The number of rotatable bonds is 7. The minimum Gasteiger partial charge on any atom is -0.477 e. The molecule has 25 heavy (non-hydrogen) atoms. The summed E-state index contributed by atoms with van der Waals surface area (Å²) in [5.74, 6) is -0.544. The van der Waals surface area contributed by atoms with Crippen LogP contribution in [0.3, 0.4) is 0 Å². The van der Waals surface area contributed by atoms with Gasteiger partial charge in [0.15, 0.2) is 12.4 Å². The smallest absolute Gasteiger partial charge is 0.311 e. The highest BCUT2D eigenvalue weighted by atomic mass is 35.5. The number of aldehydes is 1. The van der Waals surface area contributed by atoms with Crippen LogP contribution in [-0.4, -0.2) is 23.7 Å². The lowest BCUT2D eigenvalue weighted by molar-refractivity contribution is -0.385. The van der Waals surface area contributed by atoms with Crippen LogP contribution in [-0.2, 0) is 4.79 Å². The van der Waals surface area contributed by atoms with E-state index in [4.69, 9.17) is 16.3 Å².